The van der Waals surface area contributed by atoms with Crippen LogP contribution in [0.5, 0.6) is 0 Å². The van der Waals surface area contributed by atoms with E-state index >= 15 is 0 Å². The molecule has 0 bridgehead atoms. The van der Waals surface area contributed by atoms with E-state index in [0.717, 1.165) is 43.8 Å². The van der Waals surface area contributed by atoms with Crippen LogP contribution in [0.1, 0.15) is 58.6 Å². The zero-order chi connectivity index (χ0) is 20.2. The molecule has 9 nitrogen and oxygen atoms in total. The molecule has 11 heteroatoms. The van der Waals surface area contributed by atoms with Crippen molar-refractivity contribution in [3.63, 3.8) is 0 Å². The van der Waals surface area contributed by atoms with Crippen molar-refractivity contribution in [2.24, 2.45) is 4.99 Å². The summed E-state index contributed by atoms with van der Waals surface area (Å²) in [5.41, 5.74) is -0.659. The number of rotatable bonds is 7. The van der Waals surface area contributed by atoms with Gasteiger partial charge in [0.1, 0.15) is 5.82 Å². The van der Waals surface area contributed by atoms with Crippen LogP contribution >= 0.6 is 24.0 Å². The average molecular weight is 527 g/mol. The van der Waals surface area contributed by atoms with Gasteiger partial charge in [0.2, 0.25) is 10.0 Å². The highest BCUT2D eigenvalue weighted by Crippen LogP contribution is 2.17. The van der Waals surface area contributed by atoms with Crippen molar-refractivity contribution in [1.29, 1.82) is 0 Å². The number of hydrogen-bond acceptors (Lipinski definition) is 5. The van der Waals surface area contributed by atoms with Gasteiger partial charge in [-0.3, -0.25) is 4.99 Å². The van der Waals surface area contributed by atoms with E-state index < -0.39 is 15.6 Å². The lowest BCUT2D eigenvalue weighted by atomic mass is 10.1. The third-order valence-corrected chi connectivity index (χ3v) is 5.09. The average Bonchev–Trinajstić information content (AvgIpc) is 2.94. The van der Waals surface area contributed by atoms with Gasteiger partial charge in [-0.2, -0.15) is 5.10 Å². The Hall–Kier alpha value is -0.950. The number of nitrogens with one attached hydrogen (secondary N) is 3. The standard InChI is InChI=1S/C17H33N7O2S.HI/c1-7-18-16(19-11-17(4,5)23-27(6,25)26)20-13-8-9-14-21-15(12(2)3)22-24(14)10-13;/h12-13,23H,7-11H2,1-6H3,(H2,18,19,20);1H. The number of halogens is 1. The number of nitrogens with zero attached hydrogens (tertiary/aromatic N) is 4. The summed E-state index contributed by atoms with van der Waals surface area (Å²) in [7, 11) is -3.29. The number of aliphatic imine (C=N–C) groups is 1. The van der Waals surface area contributed by atoms with E-state index in [-0.39, 0.29) is 30.0 Å². The molecule has 0 aliphatic carbocycles. The SMILES string of the molecule is CCNC(=NCC(C)(C)NS(C)(=O)=O)NC1CCc2nc(C(C)C)nn2C1.I. The van der Waals surface area contributed by atoms with E-state index in [1.807, 2.05) is 25.5 Å². The lowest BCUT2D eigenvalue weighted by Crippen LogP contribution is -2.49. The van der Waals surface area contributed by atoms with Gasteiger partial charge in [0.25, 0.3) is 0 Å². The Kier molecular flexibility index (Phi) is 9.13. The summed E-state index contributed by atoms with van der Waals surface area (Å²) in [5.74, 6) is 2.92. The summed E-state index contributed by atoms with van der Waals surface area (Å²) in [6, 6.07) is 0.197. The first kappa shape index (κ1) is 25.1. The van der Waals surface area contributed by atoms with E-state index in [9.17, 15) is 8.42 Å². The van der Waals surface area contributed by atoms with Crippen molar-refractivity contribution in [3.05, 3.63) is 11.6 Å². The topological polar surface area (TPSA) is 113 Å². The molecule has 0 spiro atoms. The number of aromatic nitrogens is 3. The van der Waals surface area contributed by atoms with Crippen LogP contribution in [0.4, 0.5) is 0 Å². The molecule has 0 amide bonds. The Morgan fingerprint density at radius 1 is 1.39 bits per heavy atom. The summed E-state index contributed by atoms with van der Waals surface area (Å²) in [5, 5.41) is 11.3. The summed E-state index contributed by atoms with van der Waals surface area (Å²) in [4.78, 5) is 9.19. The van der Waals surface area contributed by atoms with Gasteiger partial charge in [0.15, 0.2) is 11.8 Å². The molecule has 1 aliphatic heterocycles. The van der Waals surface area contributed by atoms with Crippen molar-refractivity contribution >= 4 is 40.0 Å². The minimum atomic E-state index is -3.29. The summed E-state index contributed by atoms with van der Waals surface area (Å²) >= 11 is 0. The van der Waals surface area contributed by atoms with Crippen LogP contribution in [0.15, 0.2) is 4.99 Å². The maximum atomic E-state index is 11.5. The summed E-state index contributed by atoms with van der Waals surface area (Å²) in [6.45, 7) is 11.6. The van der Waals surface area contributed by atoms with Crippen LogP contribution in [-0.2, 0) is 23.0 Å². The van der Waals surface area contributed by atoms with Gasteiger partial charge in [0, 0.05) is 30.5 Å². The fraction of sp³-hybridized carbons (Fsp3) is 0.824. The largest absolute Gasteiger partial charge is 0.357 e. The number of aryl methyl sites for hydroxylation is 1. The van der Waals surface area contributed by atoms with E-state index in [0.29, 0.717) is 18.4 Å². The normalized spacial score (nSPS) is 17.8. The first-order valence-electron chi connectivity index (χ1n) is 9.46. The second-order valence-corrected chi connectivity index (χ2v) is 9.80. The quantitative estimate of drug-likeness (QED) is 0.279. The molecule has 1 atom stereocenters. The van der Waals surface area contributed by atoms with Gasteiger partial charge in [-0.1, -0.05) is 13.8 Å². The van der Waals surface area contributed by atoms with E-state index in [2.05, 4.69) is 44.3 Å². The number of hydrogen-bond donors (Lipinski definition) is 3. The summed E-state index contributed by atoms with van der Waals surface area (Å²) in [6.07, 6.45) is 2.98. The Morgan fingerprint density at radius 3 is 2.64 bits per heavy atom. The summed E-state index contributed by atoms with van der Waals surface area (Å²) < 4.78 is 27.6. The van der Waals surface area contributed by atoms with Crippen LogP contribution in [0.2, 0.25) is 0 Å². The lowest BCUT2D eigenvalue weighted by Gasteiger charge is -2.27. The molecule has 2 heterocycles. The van der Waals surface area contributed by atoms with Gasteiger partial charge in [-0.15, -0.1) is 24.0 Å². The minimum Gasteiger partial charge on any atom is -0.357 e. The van der Waals surface area contributed by atoms with Crippen molar-refractivity contribution in [2.45, 2.75) is 71.5 Å². The molecule has 0 radical (unpaired) electrons. The fourth-order valence-corrected chi connectivity index (χ4v) is 4.08. The van der Waals surface area contributed by atoms with Crippen molar-refractivity contribution < 1.29 is 8.42 Å². The van der Waals surface area contributed by atoms with Crippen LogP contribution in [0, 0.1) is 0 Å². The van der Waals surface area contributed by atoms with E-state index in [1.54, 1.807) is 0 Å². The third kappa shape index (κ3) is 7.82. The van der Waals surface area contributed by atoms with Crippen molar-refractivity contribution in [2.75, 3.05) is 19.3 Å². The van der Waals surface area contributed by atoms with Gasteiger partial charge in [-0.05, 0) is 27.2 Å². The Bertz CT molecular complexity index is 774. The van der Waals surface area contributed by atoms with Gasteiger partial charge in [0.05, 0.1) is 19.3 Å². The molecule has 1 aromatic heterocycles. The highest BCUT2D eigenvalue weighted by Gasteiger charge is 2.25. The molecule has 0 aromatic carbocycles. The van der Waals surface area contributed by atoms with E-state index in [1.165, 1.54) is 0 Å². The molecular formula is C17H34IN7O2S. The molecule has 0 saturated heterocycles. The van der Waals surface area contributed by atoms with Crippen molar-refractivity contribution in [1.82, 2.24) is 30.1 Å². The second kappa shape index (κ2) is 10.2. The monoisotopic (exact) mass is 527 g/mol. The molecule has 3 N–H and O–H groups in total. The molecule has 1 aliphatic rings. The predicted molar refractivity (Wildman–Crippen MR) is 123 cm³/mol. The minimum absolute atomic E-state index is 0. The highest BCUT2D eigenvalue weighted by molar-refractivity contribution is 14.0. The zero-order valence-electron chi connectivity index (χ0n) is 17.6. The van der Waals surface area contributed by atoms with Gasteiger partial charge >= 0.3 is 0 Å². The molecule has 2 rings (SSSR count). The fourth-order valence-electron chi connectivity index (χ4n) is 3.01. The van der Waals surface area contributed by atoms with E-state index in [4.69, 9.17) is 0 Å². The molecule has 1 aromatic rings. The molecule has 0 saturated carbocycles. The molecule has 0 fully saturated rings. The third-order valence-electron chi connectivity index (χ3n) is 4.17. The van der Waals surface area contributed by atoms with Crippen LogP contribution < -0.4 is 15.4 Å². The maximum absolute atomic E-state index is 11.5. The smallest absolute Gasteiger partial charge is 0.209 e. The second-order valence-electron chi connectivity index (χ2n) is 8.06. The lowest BCUT2D eigenvalue weighted by molar-refractivity contribution is 0.390. The maximum Gasteiger partial charge on any atom is 0.209 e. The number of fused-ring (bicyclic) bond motifs is 1. The first-order chi connectivity index (χ1) is 12.5. The van der Waals surface area contributed by atoms with Gasteiger partial charge in [-0.25, -0.2) is 22.8 Å². The molecular weight excluding hydrogens is 493 g/mol. The molecule has 162 valence electrons. The van der Waals surface area contributed by atoms with Crippen molar-refractivity contribution in [3.8, 4) is 0 Å². The number of sulfonamides is 1. The molecule has 1 unspecified atom stereocenters. The first-order valence-corrected chi connectivity index (χ1v) is 11.4. The van der Waals surface area contributed by atoms with Crippen LogP contribution in [0.3, 0.4) is 0 Å². The Labute approximate surface area is 185 Å². The van der Waals surface area contributed by atoms with Crippen LogP contribution in [0.25, 0.3) is 0 Å². The molecule has 28 heavy (non-hydrogen) atoms. The highest BCUT2D eigenvalue weighted by atomic mass is 127. The predicted octanol–water partition coefficient (Wildman–Crippen LogP) is 1.22. The van der Waals surface area contributed by atoms with Gasteiger partial charge < -0.3 is 10.6 Å². The number of guanidine groups is 1. The van der Waals surface area contributed by atoms with Crippen LogP contribution in [-0.4, -0.2) is 60.1 Å². The Morgan fingerprint density at radius 2 is 2.07 bits per heavy atom. The Balaban J connectivity index is 0.00000392. The zero-order valence-corrected chi connectivity index (χ0v) is 20.8.